The Kier molecular flexibility index (Phi) is 10.4. The lowest BCUT2D eigenvalue weighted by Gasteiger charge is -2.51. The predicted octanol–water partition coefficient (Wildman–Crippen LogP) is 5.13. The number of esters is 1. The maximum Gasteiger partial charge on any atom is 0.414 e. The zero-order chi connectivity index (χ0) is 32.9. The number of hydrogen-bond acceptors (Lipinski definition) is 10. The van der Waals surface area contributed by atoms with Crippen LogP contribution in [-0.2, 0) is 19.0 Å². The molecule has 0 radical (unpaired) electrons. The second-order valence-corrected chi connectivity index (χ2v) is 13.4. The number of ether oxygens (including phenoxy) is 4. The SMILES string of the molecule is C=CC1CN2CCC1CC2[C@H](OC(=O)CN=C(NC(=O)OC(C)(C)C)NC(=O)OC(C)(C)C)c1ccnc2ccc(OC)cc12. The van der Waals surface area contributed by atoms with Crippen LogP contribution in [0.2, 0.25) is 0 Å². The zero-order valence-corrected chi connectivity index (χ0v) is 27.2. The van der Waals surface area contributed by atoms with E-state index >= 15 is 0 Å². The molecule has 45 heavy (non-hydrogen) atoms. The van der Waals surface area contributed by atoms with Crippen molar-refractivity contribution in [2.75, 3.05) is 26.7 Å². The molecule has 2 aromatic rings. The number of hydrogen-bond donors (Lipinski definition) is 2. The number of aliphatic imine (C=N–C) groups is 1. The lowest BCUT2D eigenvalue weighted by atomic mass is 9.73. The first-order valence-electron chi connectivity index (χ1n) is 15.2. The Morgan fingerprint density at radius 1 is 1.09 bits per heavy atom. The van der Waals surface area contributed by atoms with Crippen LogP contribution in [0, 0.1) is 11.8 Å². The highest BCUT2D eigenvalue weighted by molar-refractivity contribution is 6.02. The average Bonchev–Trinajstić information content (AvgIpc) is 2.96. The maximum absolute atomic E-state index is 13.5. The number of carbonyl (C=O) groups is 3. The van der Waals surface area contributed by atoms with Gasteiger partial charge in [-0.25, -0.2) is 14.6 Å². The van der Waals surface area contributed by atoms with Gasteiger partial charge in [-0.15, -0.1) is 6.58 Å². The minimum atomic E-state index is -0.858. The first kappa shape index (κ1) is 33.7. The van der Waals surface area contributed by atoms with Crippen LogP contribution in [0.15, 0.2) is 48.1 Å². The third-order valence-electron chi connectivity index (χ3n) is 7.66. The molecule has 5 atom stereocenters. The number of fused-ring (bicyclic) bond motifs is 4. The smallest absolute Gasteiger partial charge is 0.414 e. The molecule has 12 nitrogen and oxygen atoms in total. The van der Waals surface area contributed by atoms with Crippen LogP contribution in [0.3, 0.4) is 0 Å². The number of methoxy groups -OCH3 is 1. The van der Waals surface area contributed by atoms with Crippen molar-refractivity contribution in [1.82, 2.24) is 20.5 Å². The van der Waals surface area contributed by atoms with Gasteiger partial charge in [0.25, 0.3) is 0 Å². The minimum Gasteiger partial charge on any atom is -0.497 e. The van der Waals surface area contributed by atoms with E-state index in [4.69, 9.17) is 18.9 Å². The number of alkyl carbamates (subject to hydrolysis) is 2. The summed E-state index contributed by atoms with van der Waals surface area (Å²) >= 11 is 0. The Hall–Kier alpha value is -4.19. The van der Waals surface area contributed by atoms with E-state index in [1.165, 1.54) is 0 Å². The average molecular weight is 624 g/mol. The van der Waals surface area contributed by atoms with Crippen LogP contribution in [0.4, 0.5) is 9.59 Å². The van der Waals surface area contributed by atoms with Crippen LogP contribution in [0.1, 0.15) is 66.1 Å². The molecule has 244 valence electrons. The number of guanidine groups is 1. The Morgan fingerprint density at radius 2 is 1.76 bits per heavy atom. The summed E-state index contributed by atoms with van der Waals surface area (Å²) < 4.78 is 22.3. The maximum atomic E-state index is 13.5. The highest BCUT2D eigenvalue weighted by atomic mass is 16.6. The second kappa shape index (κ2) is 13.8. The first-order valence-corrected chi connectivity index (χ1v) is 15.2. The number of aromatic nitrogens is 1. The van der Waals surface area contributed by atoms with Gasteiger partial charge in [0.1, 0.15) is 29.6 Å². The van der Waals surface area contributed by atoms with Crippen molar-refractivity contribution in [3.63, 3.8) is 0 Å². The summed E-state index contributed by atoms with van der Waals surface area (Å²) in [5, 5.41) is 5.61. The van der Waals surface area contributed by atoms with Crippen molar-refractivity contribution in [3.8, 4) is 5.75 Å². The Morgan fingerprint density at radius 3 is 2.31 bits per heavy atom. The van der Waals surface area contributed by atoms with Gasteiger partial charge in [-0.1, -0.05) is 6.08 Å². The number of carbonyl (C=O) groups excluding carboxylic acids is 3. The molecule has 1 aromatic heterocycles. The molecule has 0 spiro atoms. The highest BCUT2D eigenvalue weighted by Gasteiger charge is 2.44. The highest BCUT2D eigenvalue weighted by Crippen LogP contribution is 2.43. The van der Waals surface area contributed by atoms with Gasteiger partial charge < -0.3 is 18.9 Å². The first-order chi connectivity index (χ1) is 21.2. The van der Waals surface area contributed by atoms with Crippen molar-refractivity contribution in [2.45, 2.75) is 77.7 Å². The number of piperidine rings is 3. The summed E-state index contributed by atoms with van der Waals surface area (Å²) in [6.45, 7) is 15.5. The topological polar surface area (TPSA) is 141 Å². The molecule has 3 fully saturated rings. The van der Waals surface area contributed by atoms with Crippen LogP contribution in [0.25, 0.3) is 10.9 Å². The Bertz CT molecular complexity index is 1410. The largest absolute Gasteiger partial charge is 0.497 e. The van der Waals surface area contributed by atoms with E-state index in [1.807, 2.05) is 30.3 Å². The summed E-state index contributed by atoms with van der Waals surface area (Å²) in [5.41, 5.74) is -0.0499. The molecule has 2 N–H and O–H groups in total. The van der Waals surface area contributed by atoms with Gasteiger partial charge in [0, 0.05) is 23.7 Å². The lowest BCUT2D eigenvalue weighted by Crippen LogP contribution is -2.55. The summed E-state index contributed by atoms with van der Waals surface area (Å²) in [4.78, 5) is 49.5. The minimum absolute atomic E-state index is 0.0797. The summed E-state index contributed by atoms with van der Waals surface area (Å²) in [6, 6.07) is 7.40. The lowest BCUT2D eigenvalue weighted by molar-refractivity contribution is -0.155. The monoisotopic (exact) mass is 623 g/mol. The third-order valence-corrected chi connectivity index (χ3v) is 7.66. The fourth-order valence-corrected chi connectivity index (χ4v) is 5.80. The van der Waals surface area contributed by atoms with Crippen molar-refractivity contribution < 1.29 is 33.3 Å². The fourth-order valence-electron chi connectivity index (χ4n) is 5.80. The molecule has 3 aliphatic rings. The molecule has 2 bridgehead atoms. The second-order valence-electron chi connectivity index (χ2n) is 13.4. The van der Waals surface area contributed by atoms with Gasteiger partial charge >= 0.3 is 18.2 Å². The van der Waals surface area contributed by atoms with Gasteiger partial charge in [-0.05, 0) is 97.0 Å². The van der Waals surface area contributed by atoms with Crippen molar-refractivity contribution in [3.05, 3.63) is 48.7 Å². The Labute approximate surface area is 264 Å². The molecule has 12 heteroatoms. The number of benzene rings is 1. The van der Waals surface area contributed by atoms with Gasteiger partial charge in [0.05, 0.1) is 18.7 Å². The standard InChI is InChI=1S/C33H45N5O7/c1-9-20-19-38-15-13-21(20)16-26(38)28(23-12-14-34-25-11-10-22(42-8)17-24(23)25)43-27(39)18-35-29(36-30(40)44-32(2,3)4)37-31(41)45-33(5,6)7/h9-12,14,17,20-21,26,28H,1,13,15-16,18-19H2,2-8H3,(H2,35,36,37,40,41)/t20?,21?,26?,28-/m1/s1. The van der Waals surface area contributed by atoms with Gasteiger partial charge in [-0.2, -0.15) is 0 Å². The van der Waals surface area contributed by atoms with Crippen LogP contribution >= 0.6 is 0 Å². The number of nitrogens with one attached hydrogen (secondary N) is 2. The summed E-state index contributed by atoms with van der Waals surface area (Å²) in [6.07, 6.45) is 3.26. The molecule has 4 heterocycles. The molecule has 2 amide bonds. The van der Waals surface area contributed by atoms with Crippen LogP contribution in [0.5, 0.6) is 5.75 Å². The van der Waals surface area contributed by atoms with Crippen LogP contribution in [-0.4, -0.2) is 78.0 Å². The summed E-state index contributed by atoms with van der Waals surface area (Å²) in [5.74, 6) is 0.521. The number of amides is 2. The van der Waals surface area contributed by atoms with E-state index < -0.39 is 42.0 Å². The number of nitrogens with zero attached hydrogens (tertiary/aromatic N) is 3. The van der Waals surface area contributed by atoms with Crippen LogP contribution < -0.4 is 15.4 Å². The van der Waals surface area contributed by atoms with E-state index in [1.54, 1.807) is 54.8 Å². The van der Waals surface area contributed by atoms with E-state index in [-0.39, 0.29) is 12.0 Å². The normalized spacial score (nSPS) is 21.7. The van der Waals surface area contributed by atoms with Gasteiger partial charge in [-0.3, -0.25) is 25.3 Å². The fraction of sp³-hybridized carbons (Fsp3) is 0.545. The molecule has 4 unspecified atom stereocenters. The molecule has 5 rings (SSSR count). The van der Waals surface area contributed by atoms with Crippen molar-refractivity contribution >= 4 is 35.0 Å². The molecule has 0 saturated carbocycles. The number of pyridine rings is 1. The van der Waals surface area contributed by atoms with E-state index in [9.17, 15) is 14.4 Å². The van der Waals surface area contributed by atoms with E-state index in [0.29, 0.717) is 17.6 Å². The molecule has 0 aliphatic carbocycles. The molecule has 1 aromatic carbocycles. The quantitative estimate of drug-likeness (QED) is 0.141. The van der Waals surface area contributed by atoms with E-state index in [2.05, 4.69) is 32.1 Å². The zero-order valence-electron chi connectivity index (χ0n) is 27.2. The predicted molar refractivity (Wildman–Crippen MR) is 170 cm³/mol. The molecule has 3 aliphatic heterocycles. The molecular weight excluding hydrogens is 578 g/mol. The van der Waals surface area contributed by atoms with Crippen molar-refractivity contribution in [2.24, 2.45) is 16.8 Å². The van der Waals surface area contributed by atoms with Crippen molar-refractivity contribution in [1.29, 1.82) is 0 Å². The summed E-state index contributed by atoms with van der Waals surface area (Å²) in [7, 11) is 1.60. The molecular formula is C33H45N5O7. The van der Waals surface area contributed by atoms with Gasteiger partial charge in [0.2, 0.25) is 5.96 Å². The number of rotatable bonds is 7. The Balaban J connectivity index is 1.62. The van der Waals surface area contributed by atoms with Gasteiger partial charge in [0.15, 0.2) is 0 Å². The third kappa shape index (κ3) is 9.16. The molecule has 3 saturated heterocycles. The van der Waals surface area contributed by atoms with E-state index in [0.717, 1.165) is 42.4 Å².